The molecule has 18 heavy (non-hydrogen) atoms. The van der Waals surface area contributed by atoms with Crippen molar-refractivity contribution < 1.29 is 9.47 Å². The molecule has 1 aliphatic heterocycles. The third kappa shape index (κ3) is 1.85. The molecular formula is C14H20N2O2. The lowest BCUT2D eigenvalue weighted by Gasteiger charge is -2.43. The van der Waals surface area contributed by atoms with Crippen LogP contribution in [0.4, 0.5) is 11.4 Å². The summed E-state index contributed by atoms with van der Waals surface area (Å²) in [6.45, 7) is 3.42. The van der Waals surface area contributed by atoms with Crippen molar-refractivity contribution in [3.63, 3.8) is 0 Å². The van der Waals surface area contributed by atoms with E-state index < -0.39 is 0 Å². The molecule has 98 valence electrons. The van der Waals surface area contributed by atoms with E-state index in [1.165, 1.54) is 19.3 Å². The fourth-order valence-corrected chi connectivity index (χ4v) is 2.67. The number of hydrogen-bond acceptors (Lipinski definition) is 4. The van der Waals surface area contributed by atoms with Gasteiger partial charge in [0, 0.05) is 17.7 Å². The molecule has 0 aromatic heterocycles. The molecule has 0 saturated heterocycles. The molecule has 0 radical (unpaired) electrons. The van der Waals surface area contributed by atoms with E-state index in [2.05, 4.69) is 12.2 Å². The first-order valence-electron chi connectivity index (χ1n) is 6.70. The molecule has 1 heterocycles. The van der Waals surface area contributed by atoms with Crippen molar-refractivity contribution in [3.8, 4) is 11.5 Å². The summed E-state index contributed by atoms with van der Waals surface area (Å²) >= 11 is 0. The number of nitrogens with one attached hydrogen (secondary N) is 1. The molecular weight excluding hydrogens is 228 g/mol. The minimum absolute atomic E-state index is 0.234. The molecule has 0 unspecified atom stereocenters. The quantitative estimate of drug-likeness (QED) is 0.808. The van der Waals surface area contributed by atoms with E-state index in [0.717, 1.165) is 29.3 Å². The van der Waals surface area contributed by atoms with Crippen molar-refractivity contribution in [2.75, 3.05) is 24.3 Å². The Labute approximate surface area is 107 Å². The lowest BCUT2D eigenvalue weighted by atomic mass is 9.74. The molecule has 1 fully saturated rings. The Morgan fingerprint density at radius 2 is 1.89 bits per heavy atom. The first-order chi connectivity index (χ1) is 8.72. The van der Waals surface area contributed by atoms with E-state index in [0.29, 0.717) is 13.2 Å². The summed E-state index contributed by atoms with van der Waals surface area (Å²) < 4.78 is 11.1. The first kappa shape index (κ1) is 11.5. The summed E-state index contributed by atoms with van der Waals surface area (Å²) in [6, 6.07) is 3.83. The maximum Gasteiger partial charge on any atom is 0.163 e. The maximum atomic E-state index is 6.09. The van der Waals surface area contributed by atoms with Crippen LogP contribution in [0.1, 0.15) is 32.6 Å². The van der Waals surface area contributed by atoms with Crippen molar-refractivity contribution in [1.82, 2.24) is 0 Å². The zero-order valence-corrected chi connectivity index (χ0v) is 10.8. The van der Waals surface area contributed by atoms with Crippen LogP contribution in [0.2, 0.25) is 0 Å². The van der Waals surface area contributed by atoms with E-state index in [1.807, 2.05) is 12.1 Å². The van der Waals surface area contributed by atoms with Crippen LogP contribution in [0.25, 0.3) is 0 Å². The minimum atomic E-state index is 0.234. The molecule has 3 N–H and O–H groups in total. The van der Waals surface area contributed by atoms with Gasteiger partial charge in [-0.3, -0.25) is 0 Å². The van der Waals surface area contributed by atoms with Crippen LogP contribution in [-0.4, -0.2) is 18.8 Å². The summed E-state index contributed by atoms with van der Waals surface area (Å²) in [7, 11) is 0. The fraction of sp³-hybridized carbons (Fsp3) is 0.571. The second-order valence-electron chi connectivity index (χ2n) is 5.20. The summed E-state index contributed by atoms with van der Waals surface area (Å²) in [6.07, 6.45) is 4.86. The predicted octanol–water partition coefficient (Wildman–Crippen LogP) is 2.78. The Balaban J connectivity index is 1.87. The van der Waals surface area contributed by atoms with Gasteiger partial charge in [0.2, 0.25) is 0 Å². The van der Waals surface area contributed by atoms with Crippen molar-refractivity contribution in [2.24, 2.45) is 0 Å². The molecule has 4 nitrogen and oxygen atoms in total. The van der Waals surface area contributed by atoms with E-state index in [1.54, 1.807) is 0 Å². The normalized spacial score (nSPS) is 20.1. The molecule has 0 bridgehead atoms. The second kappa shape index (κ2) is 4.26. The van der Waals surface area contributed by atoms with Gasteiger partial charge in [0.25, 0.3) is 0 Å². The maximum absolute atomic E-state index is 6.09. The van der Waals surface area contributed by atoms with Gasteiger partial charge < -0.3 is 20.5 Å². The van der Waals surface area contributed by atoms with E-state index in [4.69, 9.17) is 15.2 Å². The Morgan fingerprint density at radius 3 is 2.44 bits per heavy atom. The van der Waals surface area contributed by atoms with Crippen LogP contribution in [0, 0.1) is 0 Å². The molecule has 4 heteroatoms. The lowest BCUT2D eigenvalue weighted by molar-refractivity contribution is 0.171. The van der Waals surface area contributed by atoms with Gasteiger partial charge >= 0.3 is 0 Å². The summed E-state index contributed by atoms with van der Waals surface area (Å²) in [5, 5.41) is 3.60. The molecule has 1 aromatic carbocycles. The fourth-order valence-electron chi connectivity index (χ4n) is 2.67. The number of fused-ring (bicyclic) bond motifs is 1. The third-order valence-corrected chi connectivity index (χ3v) is 4.10. The van der Waals surface area contributed by atoms with Gasteiger partial charge in [-0.25, -0.2) is 0 Å². The highest BCUT2D eigenvalue weighted by Gasteiger charge is 2.35. The largest absolute Gasteiger partial charge is 0.486 e. The van der Waals surface area contributed by atoms with E-state index >= 15 is 0 Å². The van der Waals surface area contributed by atoms with Crippen LogP contribution >= 0.6 is 0 Å². The van der Waals surface area contributed by atoms with Crippen molar-refractivity contribution in [3.05, 3.63) is 12.1 Å². The highest BCUT2D eigenvalue weighted by Crippen LogP contribution is 2.42. The number of anilines is 2. The molecule has 1 aliphatic carbocycles. The minimum Gasteiger partial charge on any atom is -0.486 e. The van der Waals surface area contributed by atoms with Gasteiger partial charge in [-0.2, -0.15) is 0 Å². The van der Waals surface area contributed by atoms with Crippen LogP contribution in [0.3, 0.4) is 0 Å². The number of rotatable bonds is 3. The van der Waals surface area contributed by atoms with Gasteiger partial charge in [-0.05, 0) is 25.7 Å². The monoisotopic (exact) mass is 248 g/mol. The van der Waals surface area contributed by atoms with Gasteiger partial charge in [0.15, 0.2) is 11.5 Å². The van der Waals surface area contributed by atoms with Crippen molar-refractivity contribution in [1.29, 1.82) is 0 Å². The molecule has 1 saturated carbocycles. The van der Waals surface area contributed by atoms with Crippen molar-refractivity contribution >= 4 is 11.4 Å². The highest BCUT2D eigenvalue weighted by molar-refractivity contribution is 5.73. The number of ether oxygens (including phenoxy) is 2. The predicted molar refractivity (Wildman–Crippen MR) is 72.3 cm³/mol. The van der Waals surface area contributed by atoms with Crippen LogP contribution in [0.15, 0.2) is 12.1 Å². The highest BCUT2D eigenvalue weighted by atomic mass is 16.6. The zero-order valence-electron chi connectivity index (χ0n) is 10.8. The van der Waals surface area contributed by atoms with Gasteiger partial charge in [0.1, 0.15) is 13.2 Å². The smallest absolute Gasteiger partial charge is 0.163 e. The number of benzene rings is 1. The Morgan fingerprint density at radius 1 is 1.22 bits per heavy atom. The summed E-state index contributed by atoms with van der Waals surface area (Å²) in [5.74, 6) is 1.55. The van der Waals surface area contributed by atoms with Gasteiger partial charge in [0.05, 0.1) is 11.4 Å². The number of nitrogen functional groups attached to an aromatic ring is 1. The average Bonchev–Trinajstić information content (AvgIpc) is 2.34. The van der Waals surface area contributed by atoms with Crippen LogP contribution in [-0.2, 0) is 0 Å². The molecule has 0 spiro atoms. The zero-order chi connectivity index (χ0) is 12.6. The Bertz CT molecular complexity index is 450. The second-order valence-corrected chi connectivity index (χ2v) is 5.20. The summed E-state index contributed by atoms with van der Waals surface area (Å²) in [4.78, 5) is 0. The summed E-state index contributed by atoms with van der Waals surface area (Å²) in [5.41, 5.74) is 8.03. The average molecular weight is 248 g/mol. The van der Waals surface area contributed by atoms with Gasteiger partial charge in [-0.1, -0.05) is 6.92 Å². The first-order valence-corrected chi connectivity index (χ1v) is 6.70. The standard InChI is InChI=1S/C14H20N2O2/c1-2-14(4-3-5-14)16-11-9-13-12(8-10(11)15)17-6-7-18-13/h8-9,16H,2-7,15H2,1H3. The SMILES string of the molecule is CCC1(Nc2cc3c(cc2N)OCCO3)CCC1. The lowest BCUT2D eigenvalue weighted by Crippen LogP contribution is -2.44. The Kier molecular flexibility index (Phi) is 2.73. The molecule has 2 aliphatic rings. The molecule has 0 amide bonds. The molecule has 0 atom stereocenters. The van der Waals surface area contributed by atoms with E-state index in [-0.39, 0.29) is 5.54 Å². The Hall–Kier alpha value is -1.58. The van der Waals surface area contributed by atoms with Crippen LogP contribution < -0.4 is 20.5 Å². The van der Waals surface area contributed by atoms with Gasteiger partial charge in [-0.15, -0.1) is 0 Å². The molecule has 1 aromatic rings. The number of nitrogens with two attached hydrogens (primary N) is 1. The molecule has 3 rings (SSSR count). The van der Waals surface area contributed by atoms with Crippen LogP contribution in [0.5, 0.6) is 11.5 Å². The number of hydrogen-bond donors (Lipinski definition) is 2. The topological polar surface area (TPSA) is 56.5 Å². The van der Waals surface area contributed by atoms with E-state index in [9.17, 15) is 0 Å². The third-order valence-electron chi connectivity index (χ3n) is 4.10. The van der Waals surface area contributed by atoms with Crippen molar-refractivity contribution in [2.45, 2.75) is 38.1 Å².